The average Bonchev–Trinajstić information content (AvgIpc) is 2.91. The Balaban J connectivity index is 1.70. The first-order chi connectivity index (χ1) is 11.2. The summed E-state index contributed by atoms with van der Waals surface area (Å²) in [6.45, 7) is 0. The van der Waals surface area contributed by atoms with E-state index in [9.17, 15) is 4.79 Å². The summed E-state index contributed by atoms with van der Waals surface area (Å²) in [5, 5.41) is 1.84. The average molecular weight is 302 g/mol. The maximum atomic E-state index is 12.5. The molecule has 23 heavy (non-hydrogen) atoms. The number of fused-ring (bicyclic) bond motifs is 2. The van der Waals surface area contributed by atoms with Gasteiger partial charge in [0, 0.05) is 30.2 Å². The lowest BCUT2D eigenvalue weighted by molar-refractivity contribution is 0.0737. The number of rotatable bonds is 2. The van der Waals surface area contributed by atoms with Gasteiger partial charge in [-0.3, -0.25) is 4.98 Å². The summed E-state index contributed by atoms with van der Waals surface area (Å²) in [4.78, 5) is 16.7. The number of nitrogens with zero attached hydrogens (tertiary/aromatic N) is 2. The van der Waals surface area contributed by atoms with Crippen LogP contribution in [0, 0.1) is 0 Å². The number of aryl methyl sites for hydroxylation is 1. The van der Waals surface area contributed by atoms with Crippen molar-refractivity contribution in [2.75, 3.05) is 0 Å². The third-order valence-corrected chi connectivity index (χ3v) is 3.90. The molecule has 0 aliphatic heterocycles. The van der Waals surface area contributed by atoms with Crippen LogP contribution in [-0.4, -0.2) is 15.5 Å². The van der Waals surface area contributed by atoms with E-state index in [-0.39, 0.29) is 5.97 Å². The molecule has 112 valence electrons. The van der Waals surface area contributed by atoms with Gasteiger partial charge in [0.2, 0.25) is 0 Å². The Labute approximate surface area is 132 Å². The number of esters is 1. The molecule has 4 rings (SSSR count). The van der Waals surface area contributed by atoms with E-state index in [2.05, 4.69) is 4.98 Å². The molecule has 0 unspecified atom stereocenters. The summed E-state index contributed by atoms with van der Waals surface area (Å²) in [5.74, 6) is 0.200. The van der Waals surface area contributed by atoms with Gasteiger partial charge in [0.15, 0.2) is 5.75 Å². The van der Waals surface area contributed by atoms with E-state index in [4.69, 9.17) is 4.74 Å². The first-order valence-electron chi connectivity index (χ1n) is 7.33. The maximum Gasteiger partial charge on any atom is 0.343 e. The van der Waals surface area contributed by atoms with Crippen LogP contribution in [0.1, 0.15) is 10.4 Å². The van der Waals surface area contributed by atoms with Crippen molar-refractivity contribution in [3.05, 3.63) is 72.6 Å². The molecule has 4 nitrogen and oxygen atoms in total. The lowest BCUT2D eigenvalue weighted by atomic mass is 10.1. The van der Waals surface area contributed by atoms with Gasteiger partial charge in [0.1, 0.15) is 0 Å². The third kappa shape index (κ3) is 2.34. The van der Waals surface area contributed by atoms with Gasteiger partial charge in [0.05, 0.1) is 16.6 Å². The molecule has 0 spiro atoms. The number of hydrogen-bond acceptors (Lipinski definition) is 3. The normalized spacial score (nSPS) is 11.0. The molecule has 2 aromatic carbocycles. The highest BCUT2D eigenvalue weighted by molar-refractivity contribution is 5.97. The lowest BCUT2D eigenvalue weighted by Gasteiger charge is -2.04. The number of para-hydroxylation sites is 1. The predicted molar refractivity (Wildman–Crippen MR) is 89.6 cm³/mol. The van der Waals surface area contributed by atoms with Crippen molar-refractivity contribution in [1.82, 2.24) is 9.55 Å². The molecule has 0 aliphatic carbocycles. The molecular formula is C19H14N2O2. The van der Waals surface area contributed by atoms with E-state index in [1.807, 2.05) is 60.3 Å². The van der Waals surface area contributed by atoms with E-state index in [0.717, 1.165) is 21.8 Å². The topological polar surface area (TPSA) is 44.1 Å². The van der Waals surface area contributed by atoms with Gasteiger partial charge >= 0.3 is 5.97 Å². The number of benzene rings is 2. The van der Waals surface area contributed by atoms with Crippen LogP contribution in [0.25, 0.3) is 21.8 Å². The van der Waals surface area contributed by atoms with Gasteiger partial charge in [-0.05, 0) is 36.4 Å². The fourth-order valence-electron chi connectivity index (χ4n) is 2.75. The molecule has 0 atom stereocenters. The molecule has 0 saturated heterocycles. The second-order valence-electron chi connectivity index (χ2n) is 5.42. The van der Waals surface area contributed by atoms with Crippen molar-refractivity contribution in [3.8, 4) is 5.75 Å². The zero-order valence-electron chi connectivity index (χ0n) is 12.6. The fourth-order valence-corrected chi connectivity index (χ4v) is 2.75. The minimum atomic E-state index is -0.368. The zero-order chi connectivity index (χ0) is 15.8. The van der Waals surface area contributed by atoms with E-state index < -0.39 is 0 Å². The van der Waals surface area contributed by atoms with E-state index in [1.54, 1.807) is 18.3 Å². The Morgan fingerprint density at radius 3 is 2.87 bits per heavy atom. The molecule has 2 aromatic heterocycles. The zero-order valence-corrected chi connectivity index (χ0v) is 12.6. The second kappa shape index (κ2) is 5.25. The molecule has 4 heteroatoms. The lowest BCUT2D eigenvalue weighted by Crippen LogP contribution is -2.08. The Morgan fingerprint density at radius 1 is 1.09 bits per heavy atom. The molecule has 0 radical (unpaired) electrons. The van der Waals surface area contributed by atoms with Crippen LogP contribution in [0.2, 0.25) is 0 Å². The maximum absolute atomic E-state index is 12.5. The van der Waals surface area contributed by atoms with Crippen molar-refractivity contribution >= 4 is 27.8 Å². The van der Waals surface area contributed by atoms with Gasteiger partial charge in [-0.15, -0.1) is 0 Å². The molecular weight excluding hydrogens is 288 g/mol. The number of ether oxygens (including phenoxy) is 1. The number of carbonyl (C=O) groups is 1. The number of aromatic nitrogens is 2. The smallest absolute Gasteiger partial charge is 0.343 e. The minimum Gasteiger partial charge on any atom is -0.421 e. The molecule has 0 N–H and O–H groups in total. The Bertz CT molecular complexity index is 1030. The quantitative estimate of drug-likeness (QED) is 0.527. The summed E-state index contributed by atoms with van der Waals surface area (Å²) in [7, 11) is 1.93. The van der Waals surface area contributed by atoms with Crippen LogP contribution in [0.3, 0.4) is 0 Å². The molecule has 0 saturated carbocycles. The second-order valence-corrected chi connectivity index (χ2v) is 5.42. The molecule has 0 aliphatic rings. The van der Waals surface area contributed by atoms with E-state index >= 15 is 0 Å². The van der Waals surface area contributed by atoms with Crippen molar-refractivity contribution in [2.45, 2.75) is 0 Å². The van der Waals surface area contributed by atoms with Crippen LogP contribution < -0.4 is 4.74 Å². The molecule has 0 bridgehead atoms. The van der Waals surface area contributed by atoms with Gasteiger partial charge in [-0.2, -0.15) is 0 Å². The highest BCUT2D eigenvalue weighted by Gasteiger charge is 2.13. The molecule has 2 heterocycles. The Hall–Kier alpha value is -3.14. The van der Waals surface area contributed by atoms with Crippen LogP contribution >= 0.6 is 0 Å². The van der Waals surface area contributed by atoms with Gasteiger partial charge in [-0.25, -0.2) is 4.79 Å². The van der Waals surface area contributed by atoms with Crippen LogP contribution in [0.15, 0.2) is 67.0 Å². The van der Waals surface area contributed by atoms with Crippen LogP contribution in [-0.2, 0) is 7.05 Å². The molecule has 0 fully saturated rings. The summed E-state index contributed by atoms with van der Waals surface area (Å²) in [6.07, 6.45) is 3.56. The van der Waals surface area contributed by atoms with Gasteiger partial charge in [-0.1, -0.05) is 18.2 Å². The SMILES string of the molecule is Cn1cc(OC(=O)c2ccc3ncccc3c2)c2ccccc21. The highest BCUT2D eigenvalue weighted by atomic mass is 16.5. The summed E-state index contributed by atoms with van der Waals surface area (Å²) in [5.41, 5.74) is 2.39. The van der Waals surface area contributed by atoms with Crippen molar-refractivity contribution < 1.29 is 9.53 Å². The summed E-state index contributed by atoms with van der Waals surface area (Å²) < 4.78 is 7.55. The standard InChI is InChI=1S/C19H14N2O2/c1-21-12-18(15-6-2-3-7-17(15)21)23-19(22)14-8-9-16-13(11-14)5-4-10-20-16/h2-12H,1H3. The van der Waals surface area contributed by atoms with E-state index in [0.29, 0.717) is 11.3 Å². The number of carbonyl (C=O) groups excluding carboxylic acids is 1. The molecule has 0 amide bonds. The summed E-state index contributed by atoms with van der Waals surface area (Å²) >= 11 is 0. The van der Waals surface area contributed by atoms with Crippen LogP contribution in [0.4, 0.5) is 0 Å². The monoisotopic (exact) mass is 302 g/mol. The largest absolute Gasteiger partial charge is 0.421 e. The molecule has 4 aromatic rings. The number of pyridine rings is 1. The van der Waals surface area contributed by atoms with Gasteiger partial charge in [0.25, 0.3) is 0 Å². The fraction of sp³-hybridized carbons (Fsp3) is 0.0526. The van der Waals surface area contributed by atoms with Crippen molar-refractivity contribution in [3.63, 3.8) is 0 Å². The minimum absolute atomic E-state index is 0.368. The van der Waals surface area contributed by atoms with Crippen molar-refractivity contribution in [1.29, 1.82) is 0 Å². The predicted octanol–water partition coefficient (Wildman–Crippen LogP) is 3.95. The first-order valence-corrected chi connectivity index (χ1v) is 7.33. The van der Waals surface area contributed by atoms with Gasteiger partial charge < -0.3 is 9.30 Å². The third-order valence-electron chi connectivity index (χ3n) is 3.90. The van der Waals surface area contributed by atoms with Crippen LogP contribution in [0.5, 0.6) is 5.75 Å². The Morgan fingerprint density at radius 2 is 1.96 bits per heavy atom. The highest BCUT2D eigenvalue weighted by Crippen LogP contribution is 2.28. The Kier molecular flexibility index (Phi) is 3.08. The van der Waals surface area contributed by atoms with E-state index in [1.165, 1.54) is 0 Å². The first kappa shape index (κ1) is 13.5. The number of hydrogen-bond donors (Lipinski definition) is 0. The summed E-state index contributed by atoms with van der Waals surface area (Å²) in [6, 6.07) is 17.0. The van der Waals surface area contributed by atoms with Crippen molar-refractivity contribution in [2.24, 2.45) is 7.05 Å².